The number of hydrogen-bond donors (Lipinski definition) is 1. The highest BCUT2D eigenvalue weighted by atomic mass is 14.6. The van der Waals surface area contributed by atoms with Gasteiger partial charge in [-0.1, -0.05) is 52.9 Å². The third-order valence-corrected chi connectivity index (χ3v) is 4.07. The van der Waals surface area contributed by atoms with Crippen molar-refractivity contribution in [3.8, 4) is 0 Å². The summed E-state index contributed by atoms with van der Waals surface area (Å²) in [7, 11) is 0. The lowest BCUT2D eigenvalue weighted by Crippen LogP contribution is -2.32. The Morgan fingerprint density at radius 2 is 1.47 bits per heavy atom. The van der Waals surface area contributed by atoms with E-state index in [-0.39, 0.29) is 0 Å². The zero-order valence-electron chi connectivity index (χ0n) is 10.9. The van der Waals surface area contributed by atoms with E-state index >= 15 is 0 Å². The molecule has 2 unspecified atom stereocenters. The summed E-state index contributed by atoms with van der Waals surface area (Å²) in [4.78, 5) is 0. The third-order valence-electron chi connectivity index (χ3n) is 4.07. The molecule has 1 rings (SSSR count). The van der Waals surface area contributed by atoms with Crippen molar-refractivity contribution < 1.29 is 0 Å². The Bertz CT molecular complexity index is 169. The molecule has 0 radical (unpaired) electrons. The van der Waals surface area contributed by atoms with Crippen molar-refractivity contribution in [3.63, 3.8) is 0 Å². The first-order chi connectivity index (χ1) is 7.05. The lowest BCUT2D eigenvalue weighted by molar-refractivity contribution is 0.140. The van der Waals surface area contributed by atoms with Crippen LogP contribution in [0.15, 0.2) is 0 Å². The summed E-state index contributed by atoms with van der Waals surface area (Å²) in [6.07, 6.45) is 9.86. The standard InChI is InChI=1S/C14H29N/c1-14(2,3)13-10-8-6-4-5-7-9-12(13)11-15/h12-13H,4-11,15H2,1-3H3. The van der Waals surface area contributed by atoms with Crippen molar-refractivity contribution >= 4 is 0 Å². The fourth-order valence-electron chi connectivity index (χ4n) is 3.16. The zero-order valence-corrected chi connectivity index (χ0v) is 10.9. The van der Waals surface area contributed by atoms with Crippen LogP contribution in [0.3, 0.4) is 0 Å². The summed E-state index contributed by atoms with van der Waals surface area (Å²) in [5, 5.41) is 0. The summed E-state index contributed by atoms with van der Waals surface area (Å²) in [6, 6.07) is 0. The summed E-state index contributed by atoms with van der Waals surface area (Å²) >= 11 is 0. The van der Waals surface area contributed by atoms with Crippen molar-refractivity contribution in [1.82, 2.24) is 0 Å². The van der Waals surface area contributed by atoms with Crippen molar-refractivity contribution in [2.45, 2.75) is 65.7 Å². The predicted molar refractivity (Wildman–Crippen MR) is 67.8 cm³/mol. The fraction of sp³-hybridized carbons (Fsp3) is 1.00. The Morgan fingerprint density at radius 3 is 2.00 bits per heavy atom. The van der Waals surface area contributed by atoms with Gasteiger partial charge in [-0.05, 0) is 36.6 Å². The van der Waals surface area contributed by atoms with Gasteiger partial charge in [0, 0.05) is 0 Å². The molecule has 1 heteroatoms. The average molecular weight is 211 g/mol. The van der Waals surface area contributed by atoms with Gasteiger partial charge < -0.3 is 5.73 Å². The summed E-state index contributed by atoms with van der Waals surface area (Å²) < 4.78 is 0. The van der Waals surface area contributed by atoms with Crippen LogP contribution in [0.25, 0.3) is 0 Å². The second kappa shape index (κ2) is 5.89. The minimum absolute atomic E-state index is 0.439. The van der Waals surface area contributed by atoms with Crippen LogP contribution in [0.4, 0.5) is 0 Å². The summed E-state index contributed by atoms with van der Waals surface area (Å²) in [5.41, 5.74) is 6.40. The zero-order chi connectivity index (χ0) is 11.3. The first-order valence-electron chi connectivity index (χ1n) is 6.76. The van der Waals surface area contributed by atoms with E-state index in [4.69, 9.17) is 5.73 Å². The molecule has 0 heterocycles. The van der Waals surface area contributed by atoms with Gasteiger partial charge in [0.1, 0.15) is 0 Å². The van der Waals surface area contributed by atoms with Gasteiger partial charge in [0.05, 0.1) is 0 Å². The molecule has 1 aliphatic rings. The Hall–Kier alpha value is -0.0400. The van der Waals surface area contributed by atoms with Gasteiger partial charge in [-0.15, -0.1) is 0 Å². The first-order valence-corrected chi connectivity index (χ1v) is 6.76. The molecule has 0 bridgehead atoms. The molecule has 0 amide bonds. The van der Waals surface area contributed by atoms with Crippen molar-refractivity contribution in [3.05, 3.63) is 0 Å². The molecule has 15 heavy (non-hydrogen) atoms. The van der Waals surface area contributed by atoms with E-state index in [1.165, 1.54) is 44.9 Å². The number of rotatable bonds is 1. The van der Waals surface area contributed by atoms with Crippen LogP contribution in [0, 0.1) is 17.3 Å². The molecular formula is C14H29N. The van der Waals surface area contributed by atoms with E-state index in [2.05, 4.69) is 20.8 Å². The molecule has 2 atom stereocenters. The van der Waals surface area contributed by atoms with Crippen LogP contribution in [-0.2, 0) is 0 Å². The van der Waals surface area contributed by atoms with Crippen LogP contribution in [0.5, 0.6) is 0 Å². The third kappa shape index (κ3) is 4.14. The van der Waals surface area contributed by atoms with E-state index in [0.29, 0.717) is 5.41 Å². The van der Waals surface area contributed by atoms with Crippen molar-refractivity contribution in [1.29, 1.82) is 0 Å². The van der Waals surface area contributed by atoms with Gasteiger partial charge in [0.15, 0.2) is 0 Å². The second-order valence-corrected chi connectivity index (χ2v) is 6.31. The Kier molecular flexibility index (Phi) is 5.11. The smallest absolute Gasteiger partial charge is 0.00460 e. The molecule has 90 valence electrons. The minimum atomic E-state index is 0.439. The molecule has 0 aromatic heterocycles. The highest BCUT2D eigenvalue weighted by Gasteiger charge is 2.30. The molecule has 1 nitrogen and oxygen atoms in total. The van der Waals surface area contributed by atoms with Gasteiger partial charge in [0.2, 0.25) is 0 Å². The van der Waals surface area contributed by atoms with Crippen LogP contribution in [0.1, 0.15) is 65.7 Å². The van der Waals surface area contributed by atoms with Gasteiger partial charge in [-0.2, -0.15) is 0 Å². The Morgan fingerprint density at radius 1 is 0.933 bits per heavy atom. The van der Waals surface area contributed by atoms with E-state index in [1.807, 2.05) is 0 Å². The highest BCUT2D eigenvalue weighted by Crippen LogP contribution is 2.39. The largest absolute Gasteiger partial charge is 0.330 e. The molecule has 1 aliphatic carbocycles. The van der Waals surface area contributed by atoms with E-state index in [1.54, 1.807) is 0 Å². The molecule has 0 aromatic rings. The normalized spacial score (nSPS) is 30.4. The van der Waals surface area contributed by atoms with Gasteiger partial charge in [-0.25, -0.2) is 0 Å². The highest BCUT2D eigenvalue weighted by molar-refractivity contribution is 4.82. The second-order valence-electron chi connectivity index (χ2n) is 6.31. The van der Waals surface area contributed by atoms with Crippen LogP contribution in [-0.4, -0.2) is 6.54 Å². The lowest BCUT2D eigenvalue weighted by Gasteiger charge is -2.36. The lowest BCUT2D eigenvalue weighted by atomic mass is 9.69. The van der Waals surface area contributed by atoms with Gasteiger partial charge >= 0.3 is 0 Å². The quantitative estimate of drug-likeness (QED) is 0.698. The molecule has 1 saturated carbocycles. The summed E-state index contributed by atoms with van der Waals surface area (Å²) in [6.45, 7) is 8.05. The maximum atomic E-state index is 5.96. The van der Waals surface area contributed by atoms with Crippen LogP contribution >= 0.6 is 0 Å². The maximum absolute atomic E-state index is 5.96. The molecule has 2 N–H and O–H groups in total. The topological polar surface area (TPSA) is 26.0 Å². The fourth-order valence-corrected chi connectivity index (χ4v) is 3.16. The molecule has 0 spiro atoms. The summed E-state index contributed by atoms with van der Waals surface area (Å²) in [5.74, 6) is 1.60. The van der Waals surface area contributed by atoms with Gasteiger partial charge in [-0.3, -0.25) is 0 Å². The predicted octanol–water partition coefficient (Wildman–Crippen LogP) is 3.97. The van der Waals surface area contributed by atoms with E-state index in [0.717, 1.165) is 18.4 Å². The molecule has 0 saturated heterocycles. The van der Waals surface area contributed by atoms with Gasteiger partial charge in [0.25, 0.3) is 0 Å². The average Bonchev–Trinajstić information content (AvgIpc) is 2.26. The van der Waals surface area contributed by atoms with Crippen LogP contribution in [0.2, 0.25) is 0 Å². The molecule has 0 aromatic carbocycles. The number of nitrogens with two attached hydrogens (primary N) is 1. The first kappa shape index (κ1) is 13.0. The number of hydrogen-bond acceptors (Lipinski definition) is 1. The van der Waals surface area contributed by atoms with Crippen LogP contribution < -0.4 is 5.73 Å². The molecular weight excluding hydrogens is 182 g/mol. The van der Waals surface area contributed by atoms with Crippen molar-refractivity contribution in [2.75, 3.05) is 6.54 Å². The van der Waals surface area contributed by atoms with Crippen molar-refractivity contribution in [2.24, 2.45) is 23.0 Å². The monoisotopic (exact) mass is 211 g/mol. The minimum Gasteiger partial charge on any atom is -0.330 e. The Labute approximate surface area is 95.8 Å². The Balaban J connectivity index is 2.65. The molecule has 1 fully saturated rings. The van der Waals surface area contributed by atoms with E-state index < -0.39 is 0 Å². The maximum Gasteiger partial charge on any atom is -0.00460 e. The van der Waals surface area contributed by atoms with E-state index in [9.17, 15) is 0 Å². The SMILES string of the molecule is CC(C)(C)C1CCCCCCCC1CN. The molecule has 0 aliphatic heterocycles.